The van der Waals surface area contributed by atoms with E-state index in [1.165, 1.54) is 56.7 Å². The van der Waals surface area contributed by atoms with E-state index in [0.717, 1.165) is 17.8 Å². The van der Waals surface area contributed by atoms with Gasteiger partial charge in [0.15, 0.2) is 19.0 Å². The molecule has 1 aromatic rings. The number of amides is 1. The molecule has 4 aliphatic carbocycles. The first-order chi connectivity index (χ1) is 14.3. The van der Waals surface area contributed by atoms with E-state index in [9.17, 15) is 19.7 Å². The Morgan fingerprint density at radius 2 is 1.73 bits per heavy atom. The molecule has 0 saturated heterocycles. The molecule has 0 spiro atoms. The molecule has 4 aliphatic rings. The number of carbonyl (C=O) groups is 2. The third kappa shape index (κ3) is 4.27. The SMILES string of the molecule is C[C@H](NC(=O)COC(=O)COc1ccccc1[N+](=O)[O-])C12CC3CC(CC(C3)C1)C2. The topological polar surface area (TPSA) is 108 Å². The first-order valence-corrected chi connectivity index (χ1v) is 10.7. The molecule has 4 bridgehead atoms. The van der Waals surface area contributed by atoms with Gasteiger partial charge in [0.1, 0.15) is 0 Å². The second kappa shape index (κ2) is 8.24. The molecule has 0 aliphatic heterocycles. The van der Waals surface area contributed by atoms with Crippen LogP contribution in [-0.4, -0.2) is 36.1 Å². The van der Waals surface area contributed by atoms with Crippen LogP contribution in [0.25, 0.3) is 0 Å². The lowest BCUT2D eigenvalue weighted by Crippen LogP contribution is -2.56. The molecule has 8 heteroatoms. The lowest BCUT2D eigenvalue weighted by Gasteiger charge is -2.59. The smallest absolute Gasteiger partial charge is 0.344 e. The Bertz CT molecular complexity index is 803. The highest BCUT2D eigenvalue weighted by molar-refractivity contribution is 5.81. The van der Waals surface area contributed by atoms with Gasteiger partial charge in [-0.1, -0.05) is 12.1 Å². The molecule has 30 heavy (non-hydrogen) atoms. The maximum absolute atomic E-state index is 12.4. The van der Waals surface area contributed by atoms with Gasteiger partial charge in [-0.05, 0) is 74.7 Å². The van der Waals surface area contributed by atoms with Crippen molar-refractivity contribution in [3.63, 3.8) is 0 Å². The highest BCUT2D eigenvalue weighted by atomic mass is 16.6. The minimum Gasteiger partial charge on any atom is -0.475 e. The van der Waals surface area contributed by atoms with Crippen LogP contribution < -0.4 is 10.1 Å². The van der Waals surface area contributed by atoms with Crippen LogP contribution in [0.2, 0.25) is 0 Å². The molecule has 5 rings (SSSR count). The summed E-state index contributed by atoms with van der Waals surface area (Å²) in [6.07, 6.45) is 7.59. The number of nitrogens with zero attached hydrogens (tertiary/aromatic N) is 1. The lowest BCUT2D eigenvalue weighted by molar-refractivity contribution is -0.385. The van der Waals surface area contributed by atoms with Gasteiger partial charge in [-0.3, -0.25) is 14.9 Å². The van der Waals surface area contributed by atoms with Crippen LogP contribution in [0.1, 0.15) is 45.4 Å². The van der Waals surface area contributed by atoms with Crippen LogP contribution in [0.3, 0.4) is 0 Å². The molecular weight excluding hydrogens is 388 g/mol. The molecule has 1 N–H and O–H groups in total. The number of nitro benzene ring substituents is 1. The molecule has 0 heterocycles. The second-order valence-electron chi connectivity index (χ2n) is 9.24. The number of carbonyl (C=O) groups excluding carboxylic acids is 2. The van der Waals surface area contributed by atoms with Gasteiger partial charge in [0.05, 0.1) is 4.92 Å². The predicted molar refractivity (Wildman–Crippen MR) is 108 cm³/mol. The minimum atomic E-state index is -0.745. The first kappa shape index (κ1) is 20.6. The summed E-state index contributed by atoms with van der Waals surface area (Å²) in [6.45, 7) is 1.20. The highest BCUT2D eigenvalue weighted by Gasteiger charge is 2.53. The van der Waals surface area contributed by atoms with E-state index in [4.69, 9.17) is 9.47 Å². The summed E-state index contributed by atoms with van der Waals surface area (Å²) in [4.78, 5) is 34.6. The molecule has 0 aromatic heterocycles. The average Bonchev–Trinajstić information content (AvgIpc) is 2.70. The van der Waals surface area contributed by atoms with Crippen molar-refractivity contribution in [2.24, 2.45) is 23.2 Å². The van der Waals surface area contributed by atoms with Gasteiger partial charge in [-0.25, -0.2) is 4.79 Å². The molecule has 0 radical (unpaired) electrons. The fraction of sp³-hybridized carbons (Fsp3) is 0.636. The van der Waals surface area contributed by atoms with Crippen molar-refractivity contribution in [3.05, 3.63) is 34.4 Å². The van der Waals surface area contributed by atoms with E-state index in [1.807, 2.05) is 0 Å². The number of hydrogen-bond donors (Lipinski definition) is 1. The van der Waals surface area contributed by atoms with Crippen LogP contribution in [0.4, 0.5) is 5.69 Å². The van der Waals surface area contributed by atoms with E-state index in [-0.39, 0.29) is 35.4 Å². The van der Waals surface area contributed by atoms with Crippen molar-refractivity contribution in [2.45, 2.75) is 51.5 Å². The summed E-state index contributed by atoms with van der Waals surface area (Å²) in [7, 11) is 0. The summed E-state index contributed by atoms with van der Waals surface area (Å²) < 4.78 is 10.2. The van der Waals surface area contributed by atoms with Crippen molar-refractivity contribution in [1.29, 1.82) is 0 Å². The van der Waals surface area contributed by atoms with Gasteiger partial charge in [0.2, 0.25) is 0 Å². The number of rotatable bonds is 8. The fourth-order valence-electron chi connectivity index (χ4n) is 6.20. The first-order valence-electron chi connectivity index (χ1n) is 10.7. The van der Waals surface area contributed by atoms with Crippen molar-refractivity contribution >= 4 is 17.6 Å². The average molecular weight is 416 g/mol. The fourth-order valence-corrected chi connectivity index (χ4v) is 6.20. The predicted octanol–water partition coefficient (Wildman–Crippen LogP) is 3.24. The number of nitro groups is 1. The summed E-state index contributed by atoms with van der Waals surface area (Å²) in [5.41, 5.74) is -0.0449. The van der Waals surface area contributed by atoms with Gasteiger partial charge in [-0.2, -0.15) is 0 Å². The number of ether oxygens (including phenoxy) is 2. The van der Waals surface area contributed by atoms with E-state index < -0.39 is 17.5 Å². The Hall–Kier alpha value is -2.64. The minimum absolute atomic E-state index is 0.0145. The van der Waals surface area contributed by atoms with Crippen LogP contribution >= 0.6 is 0 Å². The summed E-state index contributed by atoms with van der Waals surface area (Å²) in [5.74, 6) is 1.32. The molecule has 4 fully saturated rings. The molecule has 1 amide bonds. The summed E-state index contributed by atoms with van der Waals surface area (Å²) >= 11 is 0. The van der Waals surface area contributed by atoms with E-state index in [0.29, 0.717) is 0 Å². The maximum Gasteiger partial charge on any atom is 0.344 e. The van der Waals surface area contributed by atoms with Gasteiger partial charge >= 0.3 is 11.7 Å². The Balaban J connectivity index is 1.23. The summed E-state index contributed by atoms with van der Waals surface area (Å²) in [5, 5.41) is 14.0. The van der Waals surface area contributed by atoms with Crippen LogP contribution in [0, 0.1) is 33.3 Å². The normalized spacial score (nSPS) is 29.8. The monoisotopic (exact) mass is 416 g/mol. The molecule has 0 unspecified atom stereocenters. The number of nitrogens with one attached hydrogen (secondary N) is 1. The summed E-state index contributed by atoms with van der Waals surface area (Å²) in [6, 6.07) is 5.84. The largest absolute Gasteiger partial charge is 0.475 e. The Morgan fingerprint density at radius 1 is 1.13 bits per heavy atom. The zero-order valence-electron chi connectivity index (χ0n) is 17.2. The number of benzene rings is 1. The van der Waals surface area contributed by atoms with E-state index >= 15 is 0 Å². The number of hydrogen-bond acceptors (Lipinski definition) is 6. The van der Waals surface area contributed by atoms with E-state index in [1.54, 1.807) is 6.07 Å². The highest BCUT2D eigenvalue weighted by Crippen LogP contribution is 2.61. The Labute approximate surface area is 175 Å². The van der Waals surface area contributed by atoms with Crippen molar-refractivity contribution in [2.75, 3.05) is 13.2 Å². The molecular formula is C22H28N2O6. The lowest BCUT2D eigenvalue weighted by atomic mass is 9.48. The third-order valence-electron chi connectivity index (χ3n) is 7.15. The van der Waals surface area contributed by atoms with Gasteiger partial charge in [0.25, 0.3) is 5.91 Å². The molecule has 162 valence electrons. The van der Waals surface area contributed by atoms with Crippen molar-refractivity contribution < 1.29 is 24.0 Å². The van der Waals surface area contributed by atoms with Gasteiger partial charge in [-0.15, -0.1) is 0 Å². The quantitative estimate of drug-likeness (QED) is 0.396. The third-order valence-corrected chi connectivity index (χ3v) is 7.15. The Morgan fingerprint density at radius 3 is 2.33 bits per heavy atom. The van der Waals surface area contributed by atoms with Gasteiger partial charge in [0, 0.05) is 12.1 Å². The zero-order valence-corrected chi connectivity index (χ0v) is 17.2. The molecule has 8 nitrogen and oxygen atoms in total. The van der Waals surface area contributed by atoms with Gasteiger partial charge < -0.3 is 14.8 Å². The Kier molecular flexibility index (Phi) is 5.66. The zero-order chi connectivity index (χ0) is 21.3. The van der Waals surface area contributed by atoms with Crippen molar-refractivity contribution in [3.8, 4) is 5.75 Å². The molecule has 1 aromatic carbocycles. The maximum atomic E-state index is 12.4. The number of para-hydroxylation sites is 2. The standard InChI is InChI=1S/C22H28N2O6/c1-14(22-9-15-6-16(10-22)8-17(7-15)11-22)23-20(25)12-30-21(26)13-29-19-5-3-2-4-18(19)24(27)28/h2-5,14-17H,6-13H2,1H3,(H,23,25)/t14-,15?,16?,17?,22?/m0/s1. The molecule has 1 atom stereocenters. The van der Waals surface area contributed by atoms with Crippen molar-refractivity contribution in [1.82, 2.24) is 5.32 Å². The van der Waals surface area contributed by atoms with Crippen LogP contribution in [0.15, 0.2) is 24.3 Å². The van der Waals surface area contributed by atoms with E-state index in [2.05, 4.69) is 12.2 Å². The number of esters is 1. The van der Waals surface area contributed by atoms with Crippen LogP contribution in [0.5, 0.6) is 5.75 Å². The van der Waals surface area contributed by atoms with Crippen LogP contribution in [-0.2, 0) is 14.3 Å². The second-order valence-corrected chi connectivity index (χ2v) is 9.24. The molecule has 4 saturated carbocycles.